The highest BCUT2D eigenvalue weighted by atomic mass is 79.9. The lowest BCUT2D eigenvalue weighted by Crippen LogP contribution is -2.34. The Morgan fingerprint density at radius 1 is 0.933 bits per heavy atom. The zero-order chi connectivity index (χ0) is 21.1. The number of halogens is 1. The quantitative estimate of drug-likeness (QED) is 0.505. The van der Waals surface area contributed by atoms with Crippen LogP contribution in [0.4, 0.5) is 5.69 Å². The first-order valence-electron chi connectivity index (χ1n) is 9.16. The summed E-state index contributed by atoms with van der Waals surface area (Å²) in [5, 5.41) is 0. The SMILES string of the molecule is O=C(OCCN(C1=NS(=O)(=O)c2ccccc21)c1ccccc1)c1ccccc1Br. The van der Waals surface area contributed by atoms with E-state index in [1.165, 1.54) is 6.07 Å². The minimum atomic E-state index is -3.77. The number of benzene rings is 3. The van der Waals surface area contributed by atoms with Crippen molar-refractivity contribution in [1.82, 2.24) is 0 Å². The standard InChI is InChI=1S/C22H17BrN2O4S/c23-19-12-6-4-10-17(19)22(26)29-15-14-25(16-8-2-1-3-9-16)21-18-11-5-7-13-20(18)30(27,28)24-21/h1-13H,14-15H2. The van der Waals surface area contributed by atoms with Crippen molar-refractivity contribution in [1.29, 1.82) is 0 Å². The first-order chi connectivity index (χ1) is 14.5. The second kappa shape index (κ2) is 8.41. The van der Waals surface area contributed by atoms with Crippen LogP contribution in [-0.2, 0) is 14.8 Å². The Balaban J connectivity index is 1.60. The minimum absolute atomic E-state index is 0.0519. The predicted molar refractivity (Wildman–Crippen MR) is 118 cm³/mol. The molecule has 0 spiro atoms. The molecule has 1 aliphatic rings. The van der Waals surface area contributed by atoms with Gasteiger partial charge in [-0.05, 0) is 52.3 Å². The summed E-state index contributed by atoms with van der Waals surface area (Å²) >= 11 is 3.34. The van der Waals surface area contributed by atoms with Gasteiger partial charge in [-0.3, -0.25) is 0 Å². The molecule has 1 heterocycles. The molecule has 0 aromatic heterocycles. The molecule has 30 heavy (non-hydrogen) atoms. The monoisotopic (exact) mass is 484 g/mol. The molecular formula is C22H17BrN2O4S. The number of anilines is 1. The number of rotatable bonds is 5. The first-order valence-corrected chi connectivity index (χ1v) is 11.4. The second-order valence-corrected chi connectivity index (χ2v) is 8.92. The van der Waals surface area contributed by atoms with Gasteiger partial charge < -0.3 is 9.64 Å². The average molecular weight is 485 g/mol. The van der Waals surface area contributed by atoms with Gasteiger partial charge in [-0.25, -0.2) is 4.79 Å². The zero-order valence-corrected chi connectivity index (χ0v) is 18.1. The van der Waals surface area contributed by atoms with Crippen LogP contribution in [0.3, 0.4) is 0 Å². The van der Waals surface area contributed by atoms with Gasteiger partial charge in [0.15, 0.2) is 5.84 Å². The van der Waals surface area contributed by atoms with E-state index in [0.29, 0.717) is 21.4 Å². The van der Waals surface area contributed by atoms with Gasteiger partial charge in [0.1, 0.15) is 11.5 Å². The van der Waals surface area contributed by atoms with E-state index in [4.69, 9.17) is 4.74 Å². The summed E-state index contributed by atoms with van der Waals surface area (Å²) in [6.45, 7) is 0.291. The number of esters is 1. The highest BCUT2D eigenvalue weighted by molar-refractivity contribution is 9.10. The van der Waals surface area contributed by atoms with Gasteiger partial charge in [0.2, 0.25) is 0 Å². The Hall–Kier alpha value is -2.97. The van der Waals surface area contributed by atoms with Crippen LogP contribution in [0, 0.1) is 0 Å². The van der Waals surface area contributed by atoms with Crippen LogP contribution >= 0.6 is 15.9 Å². The third-order valence-corrected chi connectivity index (χ3v) is 6.59. The number of hydrogen-bond donors (Lipinski definition) is 0. The van der Waals surface area contributed by atoms with Crippen LogP contribution in [-0.4, -0.2) is 33.4 Å². The van der Waals surface area contributed by atoms with Crippen molar-refractivity contribution in [2.75, 3.05) is 18.1 Å². The van der Waals surface area contributed by atoms with E-state index in [-0.39, 0.29) is 18.0 Å². The highest BCUT2D eigenvalue weighted by Gasteiger charge is 2.32. The van der Waals surface area contributed by atoms with Gasteiger partial charge in [-0.2, -0.15) is 8.42 Å². The number of para-hydroxylation sites is 1. The lowest BCUT2D eigenvalue weighted by molar-refractivity contribution is 0.0516. The summed E-state index contributed by atoms with van der Waals surface area (Å²) in [4.78, 5) is 14.3. The normalized spacial score (nSPS) is 14.0. The van der Waals surface area contributed by atoms with E-state index < -0.39 is 16.0 Å². The molecule has 3 aromatic carbocycles. The fourth-order valence-electron chi connectivity index (χ4n) is 3.18. The number of ether oxygens (including phenoxy) is 1. The average Bonchev–Trinajstić information content (AvgIpc) is 3.03. The molecular weight excluding hydrogens is 468 g/mol. The van der Waals surface area contributed by atoms with Gasteiger partial charge in [0.05, 0.1) is 12.1 Å². The van der Waals surface area contributed by atoms with E-state index in [9.17, 15) is 13.2 Å². The van der Waals surface area contributed by atoms with Gasteiger partial charge in [0.25, 0.3) is 10.0 Å². The largest absolute Gasteiger partial charge is 0.460 e. The minimum Gasteiger partial charge on any atom is -0.460 e. The fourth-order valence-corrected chi connectivity index (χ4v) is 4.84. The summed E-state index contributed by atoms with van der Waals surface area (Å²) < 4.78 is 35.1. The fraction of sp³-hybridized carbons (Fsp3) is 0.0909. The van der Waals surface area contributed by atoms with E-state index in [1.54, 1.807) is 41.3 Å². The molecule has 0 fully saturated rings. The summed E-state index contributed by atoms with van der Waals surface area (Å²) in [7, 11) is -3.77. The first kappa shape index (κ1) is 20.3. The molecule has 4 rings (SSSR count). The van der Waals surface area contributed by atoms with Crippen molar-refractivity contribution < 1.29 is 17.9 Å². The molecule has 0 amide bonds. The molecule has 0 saturated heterocycles. The number of fused-ring (bicyclic) bond motifs is 1. The third-order valence-electron chi connectivity index (χ3n) is 4.58. The molecule has 6 nitrogen and oxygen atoms in total. The Bertz CT molecular complexity index is 1230. The molecule has 0 saturated carbocycles. The molecule has 8 heteroatoms. The Labute approximate surface area is 183 Å². The maximum atomic E-state index is 12.5. The third kappa shape index (κ3) is 4.01. The van der Waals surface area contributed by atoms with Crippen molar-refractivity contribution >= 4 is 43.4 Å². The van der Waals surface area contributed by atoms with Gasteiger partial charge in [-0.1, -0.05) is 42.5 Å². The number of sulfonamides is 1. The number of hydrogen-bond acceptors (Lipinski definition) is 5. The maximum absolute atomic E-state index is 12.5. The van der Waals surface area contributed by atoms with Crippen molar-refractivity contribution in [2.45, 2.75) is 4.90 Å². The van der Waals surface area contributed by atoms with Crippen LogP contribution in [0.25, 0.3) is 0 Å². The number of carbonyl (C=O) groups excluding carboxylic acids is 1. The summed E-state index contributed by atoms with van der Waals surface area (Å²) in [5.41, 5.74) is 1.70. The van der Waals surface area contributed by atoms with Crippen molar-refractivity contribution in [3.8, 4) is 0 Å². The molecule has 0 radical (unpaired) electrons. The Kier molecular flexibility index (Phi) is 5.69. The van der Waals surface area contributed by atoms with E-state index in [1.807, 2.05) is 36.4 Å². The molecule has 0 aliphatic carbocycles. The van der Waals surface area contributed by atoms with Crippen LogP contribution in [0.5, 0.6) is 0 Å². The number of carbonyl (C=O) groups is 1. The van der Waals surface area contributed by atoms with Gasteiger partial charge in [0, 0.05) is 15.7 Å². The van der Waals surface area contributed by atoms with Gasteiger partial charge >= 0.3 is 5.97 Å². The highest BCUT2D eigenvalue weighted by Crippen LogP contribution is 2.29. The Morgan fingerprint density at radius 2 is 1.60 bits per heavy atom. The molecule has 0 bridgehead atoms. The van der Waals surface area contributed by atoms with E-state index in [2.05, 4.69) is 20.3 Å². The molecule has 1 aliphatic heterocycles. The molecule has 0 N–H and O–H groups in total. The molecule has 0 unspecified atom stereocenters. The summed E-state index contributed by atoms with van der Waals surface area (Å²) in [6, 6.07) is 23.0. The van der Waals surface area contributed by atoms with Crippen molar-refractivity contribution in [3.63, 3.8) is 0 Å². The lowest BCUT2D eigenvalue weighted by Gasteiger charge is -2.24. The van der Waals surface area contributed by atoms with Gasteiger partial charge in [-0.15, -0.1) is 4.40 Å². The predicted octanol–water partition coefficient (Wildman–Crippen LogP) is 4.26. The van der Waals surface area contributed by atoms with Crippen molar-refractivity contribution in [2.24, 2.45) is 4.40 Å². The molecule has 152 valence electrons. The Morgan fingerprint density at radius 3 is 2.37 bits per heavy atom. The zero-order valence-electron chi connectivity index (χ0n) is 15.7. The van der Waals surface area contributed by atoms with E-state index >= 15 is 0 Å². The molecule has 0 atom stereocenters. The lowest BCUT2D eigenvalue weighted by atomic mass is 10.1. The van der Waals surface area contributed by atoms with Crippen molar-refractivity contribution in [3.05, 3.63) is 94.5 Å². The van der Waals surface area contributed by atoms with Crippen LogP contribution in [0.1, 0.15) is 15.9 Å². The second-order valence-electron chi connectivity index (χ2n) is 6.49. The van der Waals surface area contributed by atoms with E-state index in [0.717, 1.165) is 5.69 Å². The van der Waals surface area contributed by atoms with Crippen LogP contribution in [0.2, 0.25) is 0 Å². The smallest absolute Gasteiger partial charge is 0.339 e. The summed E-state index contributed by atoms with van der Waals surface area (Å²) in [5.74, 6) is -0.148. The maximum Gasteiger partial charge on any atom is 0.339 e. The van der Waals surface area contributed by atoms with Crippen LogP contribution in [0.15, 0.2) is 92.6 Å². The number of amidine groups is 1. The van der Waals surface area contributed by atoms with Crippen LogP contribution < -0.4 is 4.90 Å². The summed E-state index contributed by atoms with van der Waals surface area (Å²) in [6.07, 6.45) is 0. The number of nitrogens with zero attached hydrogens (tertiary/aromatic N) is 2. The molecule has 3 aromatic rings. The topological polar surface area (TPSA) is 76.0 Å².